The van der Waals surface area contributed by atoms with Crippen LogP contribution in [-0.2, 0) is 6.42 Å². The van der Waals surface area contributed by atoms with Crippen molar-refractivity contribution in [3.63, 3.8) is 0 Å². The summed E-state index contributed by atoms with van der Waals surface area (Å²) in [5, 5.41) is 6.06. The second-order valence-electron chi connectivity index (χ2n) is 6.52. The average molecular weight is 328 g/mol. The summed E-state index contributed by atoms with van der Waals surface area (Å²) in [5.74, 6) is 1.25. The minimum Gasteiger partial charge on any atom is -0.497 e. The van der Waals surface area contributed by atoms with Gasteiger partial charge in [-0.1, -0.05) is 12.1 Å². The van der Waals surface area contributed by atoms with Crippen molar-refractivity contribution >= 4 is 11.7 Å². The van der Waals surface area contributed by atoms with Gasteiger partial charge in [0.1, 0.15) is 17.3 Å². The number of hydrogen-bond donors (Lipinski definition) is 2. The molecular weight excluding hydrogens is 304 g/mol. The number of aromatic nitrogens is 2. The van der Waals surface area contributed by atoms with E-state index in [1.807, 2.05) is 45.0 Å². The molecule has 1 heterocycles. The molecule has 2 aromatic rings. The molecule has 6 nitrogen and oxygen atoms in total. The van der Waals surface area contributed by atoms with E-state index >= 15 is 0 Å². The van der Waals surface area contributed by atoms with Crippen LogP contribution in [0.3, 0.4) is 0 Å². The van der Waals surface area contributed by atoms with Gasteiger partial charge in [-0.3, -0.25) is 4.79 Å². The Balaban J connectivity index is 1.83. The second kappa shape index (κ2) is 7.77. The largest absolute Gasteiger partial charge is 0.497 e. The van der Waals surface area contributed by atoms with Crippen LogP contribution in [0.2, 0.25) is 0 Å². The van der Waals surface area contributed by atoms with Gasteiger partial charge < -0.3 is 15.4 Å². The van der Waals surface area contributed by atoms with Crippen molar-refractivity contribution in [1.82, 2.24) is 15.3 Å². The Bertz CT molecular complexity index is 661. The lowest BCUT2D eigenvalue weighted by Gasteiger charge is -2.20. The Morgan fingerprint density at radius 2 is 1.83 bits per heavy atom. The Kier molecular flexibility index (Phi) is 5.73. The Morgan fingerprint density at radius 3 is 2.38 bits per heavy atom. The first-order valence-corrected chi connectivity index (χ1v) is 7.89. The number of amides is 1. The third-order valence-electron chi connectivity index (χ3n) is 3.25. The van der Waals surface area contributed by atoms with E-state index in [1.165, 1.54) is 6.20 Å². The molecular formula is C18H24N4O2. The Morgan fingerprint density at radius 1 is 1.12 bits per heavy atom. The van der Waals surface area contributed by atoms with Crippen LogP contribution in [0.25, 0.3) is 0 Å². The first kappa shape index (κ1) is 17.7. The van der Waals surface area contributed by atoms with Gasteiger partial charge in [0.25, 0.3) is 5.91 Å². The number of rotatable bonds is 6. The summed E-state index contributed by atoms with van der Waals surface area (Å²) in [6.45, 7) is 6.65. The van der Waals surface area contributed by atoms with Crippen molar-refractivity contribution in [2.45, 2.75) is 32.7 Å². The van der Waals surface area contributed by atoms with Crippen molar-refractivity contribution < 1.29 is 9.53 Å². The van der Waals surface area contributed by atoms with Gasteiger partial charge in [-0.05, 0) is 44.9 Å². The third-order valence-corrected chi connectivity index (χ3v) is 3.25. The topological polar surface area (TPSA) is 76.1 Å². The maximum Gasteiger partial charge on any atom is 0.271 e. The molecule has 24 heavy (non-hydrogen) atoms. The van der Waals surface area contributed by atoms with E-state index in [0.717, 1.165) is 17.7 Å². The van der Waals surface area contributed by atoms with Gasteiger partial charge in [0.05, 0.1) is 19.5 Å². The number of anilines is 1. The minimum absolute atomic E-state index is 0.100. The number of methoxy groups -OCH3 is 1. The van der Waals surface area contributed by atoms with Crippen LogP contribution in [0.1, 0.15) is 36.8 Å². The van der Waals surface area contributed by atoms with E-state index in [-0.39, 0.29) is 11.4 Å². The summed E-state index contributed by atoms with van der Waals surface area (Å²) >= 11 is 0. The van der Waals surface area contributed by atoms with Crippen molar-refractivity contribution in [2.75, 3.05) is 19.0 Å². The molecule has 0 fully saturated rings. The quantitative estimate of drug-likeness (QED) is 0.852. The van der Waals surface area contributed by atoms with Crippen LogP contribution in [0.5, 0.6) is 5.75 Å². The molecule has 0 aliphatic heterocycles. The van der Waals surface area contributed by atoms with Crippen molar-refractivity contribution in [3.8, 4) is 5.75 Å². The van der Waals surface area contributed by atoms with Gasteiger partial charge >= 0.3 is 0 Å². The van der Waals surface area contributed by atoms with Crippen LogP contribution >= 0.6 is 0 Å². The highest BCUT2D eigenvalue weighted by Gasteiger charge is 2.12. The SMILES string of the molecule is COc1ccc(CCNC(=O)c2cnc(NC(C)(C)C)cn2)cc1. The zero-order chi connectivity index (χ0) is 17.6. The number of carbonyl (C=O) groups excluding carboxylic acids is 1. The predicted molar refractivity (Wildman–Crippen MR) is 94.4 cm³/mol. The molecule has 0 saturated carbocycles. The normalized spacial score (nSPS) is 11.0. The standard InChI is InChI=1S/C18H24N4O2/c1-18(2,3)22-16-12-20-15(11-21-16)17(23)19-10-9-13-5-7-14(24-4)8-6-13/h5-8,11-12H,9-10H2,1-4H3,(H,19,23)(H,21,22). The fourth-order valence-electron chi connectivity index (χ4n) is 2.10. The number of benzene rings is 1. The van der Waals surface area contributed by atoms with Crippen LogP contribution in [0.4, 0.5) is 5.82 Å². The van der Waals surface area contributed by atoms with Crippen LogP contribution in [-0.4, -0.2) is 35.1 Å². The van der Waals surface area contributed by atoms with Gasteiger partial charge in [0.2, 0.25) is 0 Å². The lowest BCUT2D eigenvalue weighted by atomic mass is 10.1. The summed E-state index contributed by atoms with van der Waals surface area (Å²) in [7, 11) is 1.64. The zero-order valence-corrected chi connectivity index (χ0v) is 14.6. The first-order valence-electron chi connectivity index (χ1n) is 7.89. The number of nitrogens with zero attached hydrogens (tertiary/aromatic N) is 2. The van der Waals surface area contributed by atoms with Crippen molar-refractivity contribution in [3.05, 3.63) is 47.9 Å². The number of ether oxygens (including phenoxy) is 1. The number of hydrogen-bond acceptors (Lipinski definition) is 5. The molecule has 0 aliphatic carbocycles. The molecule has 1 aromatic heterocycles. The molecule has 2 rings (SSSR count). The predicted octanol–water partition coefficient (Wildman–Crippen LogP) is 2.67. The fraction of sp³-hybridized carbons (Fsp3) is 0.389. The van der Waals surface area contributed by atoms with Crippen molar-refractivity contribution in [2.24, 2.45) is 0 Å². The van der Waals surface area contributed by atoms with Gasteiger partial charge in [0.15, 0.2) is 0 Å². The summed E-state index contributed by atoms with van der Waals surface area (Å²) < 4.78 is 5.12. The highest BCUT2D eigenvalue weighted by atomic mass is 16.5. The first-order chi connectivity index (χ1) is 11.4. The summed E-state index contributed by atoms with van der Waals surface area (Å²) in [4.78, 5) is 20.5. The van der Waals surface area contributed by atoms with E-state index in [9.17, 15) is 4.79 Å². The average Bonchev–Trinajstić information content (AvgIpc) is 2.54. The summed E-state index contributed by atoms with van der Waals surface area (Å²) in [6.07, 6.45) is 3.80. The Hall–Kier alpha value is -2.63. The van der Waals surface area contributed by atoms with Gasteiger partial charge in [-0.2, -0.15) is 0 Å². The molecule has 0 spiro atoms. The smallest absolute Gasteiger partial charge is 0.271 e. The molecule has 6 heteroatoms. The van der Waals surface area contributed by atoms with E-state index < -0.39 is 0 Å². The maximum absolute atomic E-state index is 12.1. The maximum atomic E-state index is 12.1. The highest BCUT2D eigenvalue weighted by Crippen LogP contribution is 2.12. The molecule has 128 valence electrons. The van der Waals surface area contributed by atoms with Gasteiger partial charge in [-0.15, -0.1) is 0 Å². The lowest BCUT2D eigenvalue weighted by Crippen LogP contribution is -2.28. The van der Waals surface area contributed by atoms with Crippen LogP contribution in [0.15, 0.2) is 36.7 Å². The van der Waals surface area contributed by atoms with E-state index in [1.54, 1.807) is 13.3 Å². The molecule has 0 bridgehead atoms. The molecule has 2 N–H and O–H groups in total. The zero-order valence-electron chi connectivity index (χ0n) is 14.6. The summed E-state index contributed by atoms with van der Waals surface area (Å²) in [5.41, 5.74) is 1.34. The molecule has 0 unspecified atom stereocenters. The van der Waals surface area contributed by atoms with E-state index in [4.69, 9.17) is 4.74 Å². The van der Waals surface area contributed by atoms with Gasteiger partial charge in [-0.25, -0.2) is 9.97 Å². The summed E-state index contributed by atoms with van der Waals surface area (Å²) in [6, 6.07) is 7.78. The molecule has 1 aromatic carbocycles. The molecule has 0 aliphatic rings. The van der Waals surface area contributed by atoms with E-state index in [2.05, 4.69) is 20.6 Å². The minimum atomic E-state index is -0.224. The lowest BCUT2D eigenvalue weighted by molar-refractivity contribution is 0.0949. The van der Waals surface area contributed by atoms with Crippen molar-refractivity contribution in [1.29, 1.82) is 0 Å². The number of carbonyl (C=O) groups is 1. The highest BCUT2D eigenvalue weighted by molar-refractivity contribution is 5.92. The second-order valence-corrected chi connectivity index (χ2v) is 6.52. The molecule has 0 atom stereocenters. The van der Waals surface area contributed by atoms with Crippen LogP contribution < -0.4 is 15.4 Å². The Labute approximate surface area is 142 Å². The van der Waals surface area contributed by atoms with E-state index in [0.29, 0.717) is 18.1 Å². The number of nitrogens with one attached hydrogen (secondary N) is 2. The molecule has 0 radical (unpaired) electrons. The van der Waals surface area contributed by atoms with Gasteiger partial charge in [0, 0.05) is 12.1 Å². The molecule has 1 amide bonds. The monoisotopic (exact) mass is 328 g/mol. The van der Waals surface area contributed by atoms with Crippen LogP contribution in [0, 0.1) is 0 Å². The molecule has 0 saturated heterocycles. The third kappa shape index (κ3) is 5.53. The fourth-order valence-corrected chi connectivity index (χ4v) is 2.10.